The Bertz CT molecular complexity index is 865. The quantitative estimate of drug-likeness (QED) is 0.736. The van der Waals surface area contributed by atoms with Gasteiger partial charge in [-0.2, -0.15) is 0 Å². The van der Waals surface area contributed by atoms with E-state index >= 15 is 0 Å². The molecule has 4 nitrogen and oxygen atoms in total. The molecule has 0 radical (unpaired) electrons. The molecule has 0 aromatic heterocycles. The number of thiocarbonyl (C=S) groups is 1. The topological polar surface area (TPSA) is 53.2 Å². The number of halogens is 2. The molecular formula is C18H15F2N3OS. The highest BCUT2D eigenvalue weighted by Gasteiger charge is 2.30. The molecule has 3 rings (SSSR count). The summed E-state index contributed by atoms with van der Waals surface area (Å²) in [7, 11) is 0. The predicted octanol–water partition coefficient (Wildman–Crippen LogP) is 3.40. The average Bonchev–Trinajstić information content (AvgIpc) is 2.57. The fraction of sp³-hybridized carbons (Fsp3) is 0.111. The van der Waals surface area contributed by atoms with Crippen LogP contribution in [-0.4, -0.2) is 11.0 Å². The highest BCUT2D eigenvalue weighted by Crippen LogP contribution is 2.28. The Morgan fingerprint density at radius 3 is 2.48 bits per heavy atom. The van der Waals surface area contributed by atoms with E-state index in [1.165, 1.54) is 24.3 Å². The molecule has 0 spiro atoms. The standard InChI is InChI=1S/C18H15F2N3OS/c1-10-15(17(24)22-14-5-3-2-4-13(14)20)16(23-18(25)21-10)11-6-8-12(19)9-7-11/h2-9,16H,1H3,(H,22,24)(H2,21,23,25)/t16-/m0/s1. The van der Waals surface area contributed by atoms with Crippen molar-refractivity contribution in [3.63, 3.8) is 0 Å². The zero-order chi connectivity index (χ0) is 18.0. The number of nitrogens with one attached hydrogen (secondary N) is 3. The second-order valence-electron chi connectivity index (χ2n) is 5.56. The number of carbonyl (C=O) groups excluding carboxylic acids is 1. The minimum atomic E-state index is -0.568. The van der Waals surface area contributed by atoms with Crippen LogP contribution in [0.5, 0.6) is 0 Å². The lowest BCUT2D eigenvalue weighted by Gasteiger charge is -2.30. The summed E-state index contributed by atoms with van der Waals surface area (Å²) in [5.41, 5.74) is 1.65. The van der Waals surface area contributed by atoms with Gasteiger partial charge in [0, 0.05) is 5.70 Å². The van der Waals surface area contributed by atoms with Gasteiger partial charge in [0.25, 0.3) is 5.91 Å². The second kappa shape index (κ2) is 6.98. The molecule has 7 heteroatoms. The molecule has 1 aliphatic rings. The number of benzene rings is 2. The zero-order valence-corrected chi connectivity index (χ0v) is 14.1. The molecule has 25 heavy (non-hydrogen) atoms. The summed E-state index contributed by atoms with van der Waals surface area (Å²) in [4.78, 5) is 12.8. The summed E-state index contributed by atoms with van der Waals surface area (Å²) in [5.74, 6) is -1.38. The van der Waals surface area contributed by atoms with Crippen LogP contribution in [0, 0.1) is 11.6 Å². The first-order chi connectivity index (χ1) is 12.0. The van der Waals surface area contributed by atoms with E-state index in [0.717, 1.165) is 0 Å². The molecule has 1 amide bonds. The molecule has 3 N–H and O–H groups in total. The molecule has 0 unspecified atom stereocenters. The van der Waals surface area contributed by atoms with Crippen LogP contribution in [0.4, 0.5) is 14.5 Å². The van der Waals surface area contributed by atoms with E-state index in [4.69, 9.17) is 12.2 Å². The van der Waals surface area contributed by atoms with Gasteiger partial charge < -0.3 is 16.0 Å². The fourth-order valence-corrected chi connectivity index (χ4v) is 2.92. The normalized spacial score (nSPS) is 16.9. The van der Waals surface area contributed by atoms with Gasteiger partial charge in [-0.15, -0.1) is 0 Å². The molecule has 0 saturated carbocycles. The first-order valence-corrected chi connectivity index (χ1v) is 7.96. The van der Waals surface area contributed by atoms with Crippen LogP contribution in [0.1, 0.15) is 18.5 Å². The van der Waals surface area contributed by atoms with E-state index < -0.39 is 17.8 Å². The van der Waals surface area contributed by atoms with Gasteiger partial charge in [0.2, 0.25) is 0 Å². The van der Waals surface area contributed by atoms with Crippen molar-refractivity contribution in [1.29, 1.82) is 0 Å². The highest BCUT2D eigenvalue weighted by atomic mass is 32.1. The van der Waals surface area contributed by atoms with Crippen LogP contribution in [0.25, 0.3) is 0 Å². The van der Waals surface area contributed by atoms with Crippen LogP contribution in [0.3, 0.4) is 0 Å². The lowest BCUT2D eigenvalue weighted by atomic mass is 9.95. The minimum Gasteiger partial charge on any atom is -0.351 e. The van der Waals surface area contributed by atoms with Gasteiger partial charge in [-0.3, -0.25) is 4.79 Å². The number of para-hydroxylation sites is 1. The molecule has 0 aliphatic carbocycles. The number of amides is 1. The summed E-state index contributed by atoms with van der Waals surface area (Å²) in [6.07, 6.45) is 0. The summed E-state index contributed by atoms with van der Waals surface area (Å²) >= 11 is 5.15. The van der Waals surface area contributed by atoms with Crippen molar-refractivity contribution in [2.24, 2.45) is 0 Å². The van der Waals surface area contributed by atoms with Crippen LogP contribution in [0.2, 0.25) is 0 Å². The monoisotopic (exact) mass is 359 g/mol. The van der Waals surface area contributed by atoms with E-state index in [2.05, 4.69) is 16.0 Å². The van der Waals surface area contributed by atoms with Crippen molar-refractivity contribution < 1.29 is 13.6 Å². The van der Waals surface area contributed by atoms with Crippen molar-refractivity contribution in [1.82, 2.24) is 10.6 Å². The Morgan fingerprint density at radius 2 is 1.80 bits per heavy atom. The van der Waals surface area contributed by atoms with Crippen LogP contribution in [-0.2, 0) is 4.79 Å². The van der Waals surface area contributed by atoms with Crippen molar-refractivity contribution in [3.05, 3.63) is 77.0 Å². The third-order valence-electron chi connectivity index (χ3n) is 3.84. The summed E-state index contributed by atoms with van der Waals surface area (Å²) < 4.78 is 27.0. The van der Waals surface area contributed by atoms with Crippen LogP contribution in [0.15, 0.2) is 59.8 Å². The average molecular weight is 359 g/mol. The minimum absolute atomic E-state index is 0.0822. The SMILES string of the molecule is CC1=C(C(=O)Nc2ccccc2F)[C@H](c2ccc(F)cc2)NC(=S)N1. The van der Waals surface area contributed by atoms with E-state index in [9.17, 15) is 13.6 Å². The third-order valence-corrected chi connectivity index (χ3v) is 4.06. The fourth-order valence-electron chi connectivity index (χ4n) is 2.65. The maximum absolute atomic E-state index is 13.8. The molecule has 1 aliphatic heterocycles. The number of hydrogen-bond acceptors (Lipinski definition) is 2. The van der Waals surface area contributed by atoms with Gasteiger partial charge >= 0.3 is 0 Å². The van der Waals surface area contributed by atoms with Crippen molar-refractivity contribution >= 4 is 28.9 Å². The van der Waals surface area contributed by atoms with E-state index in [1.54, 1.807) is 31.2 Å². The number of hydrogen-bond donors (Lipinski definition) is 3. The van der Waals surface area contributed by atoms with Gasteiger partial charge in [-0.25, -0.2) is 8.78 Å². The molecule has 1 heterocycles. The first-order valence-electron chi connectivity index (χ1n) is 7.55. The maximum atomic E-state index is 13.8. The Labute approximate surface area is 148 Å². The predicted molar refractivity (Wildman–Crippen MR) is 95.7 cm³/mol. The summed E-state index contributed by atoms with van der Waals surface area (Å²) in [6, 6.07) is 11.1. The molecular weight excluding hydrogens is 344 g/mol. The Balaban J connectivity index is 1.96. The highest BCUT2D eigenvalue weighted by molar-refractivity contribution is 7.80. The lowest BCUT2D eigenvalue weighted by molar-refractivity contribution is -0.113. The Hall–Kier alpha value is -2.80. The number of rotatable bonds is 3. The van der Waals surface area contributed by atoms with E-state index in [-0.39, 0.29) is 11.5 Å². The smallest absolute Gasteiger partial charge is 0.255 e. The largest absolute Gasteiger partial charge is 0.351 e. The van der Waals surface area contributed by atoms with Gasteiger partial charge in [0.05, 0.1) is 17.3 Å². The Kier molecular flexibility index (Phi) is 4.76. The van der Waals surface area contributed by atoms with E-state index in [0.29, 0.717) is 21.9 Å². The zero-order valence-electron chi connectivity index (χ0n) is 13.3. The van der Waals surface area contributed by atoms with Gasteiger partial charge in [0.1, 0.15) is 11.6 Å². The van der Waals surface area contributed by atoms with Crippen molar-refractivity contribution in [3.8, 4) is 0 Å². The molecule has 0 bridgehead atoms. The third kappa shape index (κ3) is 3.66. The van der Waals surface area contributed by atoms with Gasteiger partial charge in [-0.05, 0) is 49.0 Å². The molecule has 2 aromatic carbocycles. The molecule has 1 atom stereocenters. The van der Waals surface area contributed by atoms with Crippen molar-refractivity contribution in [2.45, 2.75) is 13.0 Å². The van der Waals surface area contributed by atoms with Gasteiger partial charge in [-0.1, -0.05) is 24.3 Å². The number of carbonyl (C=O) groups is 1. The van der Waals surface area contributed by atoms with Crippen LogP contribution >= 0.6 is 12.2 Å². The number of anilines is 1. The van der Waals surface area contributed by atoms with Crippen LogP contribution < -0.4 is 16.0 Å². The van der Waals surface area contributed by atoms with Gasteiger partial charge in [0.15, 0.2) is 5.11 Å². The maximum Gasteiger partial charge on any atom is 0.255 e. The molecule has 0 fully saturated rings. The summed E-state index contributed by atoms with van der Waals surface area (Å²) in [5, 5.41) is 8.82. The van der Waals surface area contributed by atoms with Crippen molar-refractivity contribution in [2.75, 3.05) is 5.32 Å². The van der Waals surface area contributed by atoms with E-state index in [1.807, 2.05) is 0 Å². The Morgan fingerprint density at radius 1 is 1.12 bits per heavy atom. The first kappa shape index (κ1) is 17.0. The second-order valence-corrected chi connectivity index (χ2v) is 5.96. The summed E-state index contributed by atoms with van der Waals surface area (Å²) in [6.45, 7) is 1.71. The number of allylic oxidation sites excluding steroid dienone is 1. The molecule has 0 saturated heterocycles. The lowest BCUT2D eigenvalue weighted by Crippen LogP contribution is -2.45. The molecule has 2 aromatic rings. The molecule has 128 valence electrons.